The lowest BCUT2D eigenvalue weighted by Crippen LogP contribution is -2.56. The van der Waals surface area contributed by atoms with Crippen LogP contribution in [0.3, 0.4) is 0 Å². The summed E-state index contributed by atoms with van der Waals surface area (Å²) in [4.78, 5) is 14.6. The number of carbonyl (C=O) groups is 1. The molecule has 1 saturated carbocycles. The Morgan fingerprint density at radius 2 is 1.82 bits per heavy atom. The number of halogens is 1. The van der Waals surface area contributed by atoms with Crippen LogP contribution in [-0.2, 0) is 11.3 Å². The predicted molar refractivity (Wildman–Crippen MR) is 91.3 cm³/mol. The highest BCUT2D eigenvalue weighted by atomic mass is 35.5. The highest BCUT2D eigenvalue weighted by molar-refractivity contribution is 5.86. The van der Waals surface area contributed by atoms with Crippen molar-refractivity contribution in [2.24, 2.45) is 5.73 Å². The summed E-state index contributed by atoms with van der Waals surface area (Å²) in [6, 6.07) is 7.84. The van der Waals surface area contributed by atoms with Crippen molar-refractivity contribution in [2.45, 2.75) is 51.1 Å². The fourth-order valence-corrected chi connectivity index (χ4v) is 2.99. The minimum Gasteiger partial charge on any atom is -0.497 e. The van der Waals surface area contributed by atoms with Gasteiger partial charge in [-0.05, 0) is 37.5 Å². The highest BCUT2D eigenvalue weighted by Crippen LogP contribution is 2.28. The van der Waals surface area contributed by atoms with Gasteiger partial charge in [-0.3, -0.25) is 4.79 Å². The molecule has 0 heterocycles. The van der Waals surface area contributed by atoms with Crippen molar-refractivity contribution in [3.8, 4) is 5.75 Å². The molecule has 1 aliphatic rings. The van der Waals surface area contributed by atoms with Gasteiger partial charge in [0.25, 0.3) is 0 Å². The van der Waals surface area contributed by atoms with Crippen molar-refractivity contribution in [1.82, 2.24) is 4.90 Å². The van der Waals surface area contributed by atoms with E-state index in [0.29, 0.717) is 13.1 Å². The van der Waals surface area contributed by atoms with Gasteiger partial charge in [0.2, 0.25) is 5.91 Å². The molecule has 124 valence electrons. The van der Waals surface area contributed by atoms with Crippen molar-refractivity contribution in [3.63, 3.8) is 0 Å². The SMILES string of the molecule is CCN(Cc1ccc(OC)cc1)C(=O)C1(N)CCCCC1.Cl. The van der Waals surface area contributed by atoms with Crippen LogP contribution in [0.15, 0.2) is 24.3 Å². The Bertz CT molecular complexity index is 470. The summed E-state index contributed by atoms with van der Waals surface area (Å²) in [6.45, 7) is 3.30. The molecule has 1 aromatic rings. The van der Waals surface area contributed by atoms with E-state index in [1.807, 2.05) is 36.1 Å². The molecule has 0 spiro atoms. The van der Waals surface area contributed by atoms with E-state index < -0.39 is 5.54 Å². The van der Waals surface area contributed by atoms with Gasteiger partial charge in [-0.2, -0.15) is 0 Å². The number of rotatable bonds is 5. The maximum Gasteiger partial charge on any atom is 0.242 e. The van der Waals surface area contributed by atoms with Crippen LogP contribution in [-0.4, -0.2) is 30.0 Å². The molecule has 4 nitrogen and oxygen atoms in total. The van der Waals surface area contributed by atoms with Gasteiger partial charge in [-0.25, -0.2) is 0 Å². The van der Waals surface area contributed by atoms with Crippen LogP contribution in [0.4, 0.5) is 0 Å². The molecule has 2 N–H and O–H groups in total. The normalized spacial score (nSPS) is 16.5. The largest absolute Gasteiger partial charge is 0.497 e. The Hall–Kier alpha value is -1.26. The second-order valence-corrected chi connectivity index (χ2v) is 5.88. The van der Waals surface area contributed by atoms with E-state index in [1.165, 1.54) is 6.42 Å². The monoisotopic (exact) mass is 326 g/mol. The molecule has 0 unspecified atom stereocenters. The zero-order valence-corrected chi connectivity index (χ0v) is 14.3. The first-order valence-electron chi connectivity index (χ1n) is 7.80. The number of benzene rings is 1. The predicted octanol–water partition coefficient (Wildman–Crippen LogP) is 3.13. The van der Waals surface area contributed by atoms with E-state index in [2.05, 4.69) is 0 Å². The van der Waals surface area contributed by atoms with Crippen LogP contribution in [0.2, 0.25) is 0 Å². The molecule has 0 saturated heterocycles. The Morgan fingerprint density at radius 1 is 1.23 bits per heavy atom. The van der Waals surface area contributed by atoms with E-state index in [4.69, 9.17) is 10.5 Å². The summed E-state index contributed by atoms with van der Waals surface area (Å²) in [5, 5.41) is 0. The molecular weight excluding hydrogens is 300 g/mol. The quantitative estimate of drug-likeness (QED) is 0.904. The molecule has 2 rings (SSSR count). The van der Waals surface area contributed by atoms with Crippen molar-refractivity contribution >= 4 is 18.3 Å². The van der Waals surface area contributed by atoms with Gasteiger partial charge in [0.15, 0.2) is 0 Å². The topological polar surface area (TPSA) is 55.6 Å². The molecule has 0 atom stereocenters. The lowest BCUT2D eigenvalue weighted by molar-refractivity contribution is -0.138. The number of hydrogen-bond donors (Lipinski definition) is 1. The van der Waals surface area contributed by atoms with E-state index >= 15 is 0 Å². The molecule has 1 aromatic carbocycles. The van der Waals surface area contributed by atoms with Crippen molar-refractivity contribution in [3.05, 3.63) is 29.8 Å². The van der Waals surface area contributed by atoms with Gasteiger partial charge in [0, 0.05) is 13.1 Å². The molecule has 1 aliphatic carbocycles. The lowest BCUT2D eigenvalue weighted by atomic mass is 9.81. The molecule has 0 bridgehead atoms. The summed E-state index contributed by atoms with van der Waals surface area (Å²) in [5.74, 6) is 0.927. The second kappa shape index (κ2) is 8.39. The van der Waals surface area contributed by atoms with Crippen LogP contribution in [0, 0.1) is 0 Å². The zero-order chi connectivity index (χ0) is 15.3. The molecule has 0 aromatic heterocycles. The first-order valence-corrected chi connectivity index (χ1v) is 7.80. The minimum atomic E-state index is -0.652. The van der Waals surface area contributed by atoms with Crippen LogP contribution in [0.25, 0.3) is 0 Å². The Balaban J connectivity index is 0.00000242. The average molecular weight is 327 g/mol. The highest BCUT2D eigenvalue weighted by Gasteiger charge is 2.37. The first kappa shape index (κ1) is 18.8. The standard InChI is InChI=1S/C17H26N2O2.ClH/c1-3-19(13-14-7-9-15(21-2)10-8-14)16(20)17(18)11-5-4-6-12-17;/h7-10H,3-6,11-13,18H2,1-2H3;1H. The van der Waals surface area contributed by atoms with Crippen LogP contribution >= 0.6 is 12.4 Å². The van der Waals surface area contributed by atoms with Gasteiger partial charge < -0.3 is 15.4 Å². The summed E-state index contributed by atoms with van der Waals surface area (Å²) in [6.07, 6.45) is 4.93. The third-order valence-corrected chi connectivity index (χ3v) is 4.37. The van der Waals surface area contributed by atoms with Crippen LogP contribution < -0.4 is 10.5 Å². The van der Waals surface area contributed by atoms with Gasteiger partial charge >= 0.3 is 0 Å². The average Bonchev–Trinajstić information content (AvgIpc) is 2.53. The summed E-state index contributed by atoms with van der Waals surface area (Å²) < 4.78 is 5.16. The summed E-state index contributed by atoms with van der Waals surface area (Å²) in [5.41, 5.74) is 6.82. The summed E-state index contributed by atoms with van der Waals surface area (Å²) in [7, 11) is 1.65. The Kier molecular flexibility index (Phi) is 7.17. The number of likely N-dealkylation sites (N-methyl/N-ethyl adjacent to an activating group) is 1. The second-order valence-electron chi connectivity index (χ2n) is 5.88. The minimum absolute atomic E-state index is 0. The molecule has 22 heavy (non-hydrogen) atoms. The van der Waals surface area contributed by atoms with Crippen molar-refractivity contribution in [2.75, 3.05) is 13.7 Å². The molecule has 0 radical (unpaired) electrons. The van der Waals surface area contributed by atoms with Crippen molar-refractivity contribution < 1.29 is 9.53 Å². The lowest BCUT2D eigenvalue weighted by Gasteiger charge is -2.36. The number of nitrogens with two attached hydrogens (primary N) is 1. The number of hydrogen-bond acceptors (Lipinski definition) is 3. The number of ether oxygens (including phenoxy) is 1. The van der Waals surface area contributed by atoms with Crippen molar-refractivity contribution in [1.29, 1.82) is 0 Å². The van der Waals surface area contributed by atoms with Crippen LogP contribution in [0.1, 0.15) is 44.6 Å². The van der Waals surface area contributed by atoms with Gasteiger partial charge in [-0.1, -0.05) is 31.4 Å². The van der Waals surface area contributed by atoms with E-state index in [1.54, 1.807) is 7.11 Å². The molecule has 5 heteroatoms. The Labute approximate surface area is 139 Å². The molecule has 0 aliphatic heterocycles. The molecular formula is C17H27ClN2O2. The summed E-state index contributed by atoms with van der Waals surface area (Å²) >= 11 is 0. The smallest absolute Gasteiger partial charge is 0.242 e. The van der Waals surface area contributed by atoms with Gasteiger partial charge in [0.05, 0.1) is 12.6 Å². The zero-order valence-electron chi connectivity index (χ0n) is 13.5. The van der Waals surface area contributed by atoms with E-state index in [0.717, 1.165) is 37.0 Å². The number of methoxy groups -OCH3 is 1. The number of amides is 1. The fourth-order valence-electron chi connectivity index (χ4n) is 2.99. The number of nitrogens with zero attached hydrogens (tertiary/aromatic N) is 1. The molecule has 1 amide bonds. The maximum absolute atomic E-state index is 12.8. The third kappa shape index (κ3) is 4.37. The van der Waals surface area contributed by atoms with E-state index in [-0.39, 0.29) is 18.3 Å². The van der Waals surface area contributed by atoms with Gasteiger partial charge in [-0.15, -0.1) is 12.4 Å². The van der Waals surface area contributed by atoms with Gasteiger partial charge in [0.1, 0.15) is 5.75 Å². The first-order chi connectivity index (χ1) is 10.1. The van der Waals surface area contributed by atoms with Crippen LogP contribution in [0.5, 0.6) is 5.75 Å². The maximum atomic E-state index is 12.8. The van der Waals surface area contributed by atoms with E-state index in [9.17, 15) is 4.79 Å². The fraction of sp³-hybridized carbons (Fsp3) is 0.588. The number of carbonyl (C=O) groups excluding carboxylic acids is 1. The molecule has 1 fully saturated rings. The Morgan fingerprint density at radius 3 is 2.32 bits per heavy atom. The third-order valence-electron chi connectivity index (χ3n) is 4.37.